The van der Waals surface area contributed by atoms with Gasteiger partial charge in [-0.15, -0.1) is 0 Å². The number of benzene rings is 2. The van der Waals surface area contributed by atoms with Crippen molar-refractivity contribution in [2.24, 2.45) is 0 Å². The fourth-order valence-corrected chi connectivity index (χ4v) is 5.73. The fourth-order valence-electron chi connectivity index (χ4n) is 5.73. The number of rotatable bonds is 9. The van der Waals surface area contributed by atoms with Crippen LogP contribution in [0.5, 0.6) is 0 Å². The fraction of sp³-hybridized carbons (Fsp3) is 0.387. The molecule has 192 valence electrons. The topological polar surface area (TPSA) is 56.8 Å². The Bertz CT molecular complexity index is 1180. The van der Waals surface area contributed by atoms with Crippen LogP contribution in [0.3, 0.4) is 0 Å². The van der Waals surface area contributed by atoms with E-state index in [0.717, 1.165) is 38.2 Å². The highest BCUT2D eigenvalue weighted by molar-refractivity contribution is 6.07. The summed E-state index contributed by atoms with van der Waals surface area (Å²) in [5.74, 6) is 0.427. The Hall–Kier alpha value is -3.51. The first-order valence-electron chi connectivity index (χ1n) is 13.4. The molecule has 3 amide bonds. The Balaban J connectivity index is 1.28. The van der Waals surface area contributed by atoms with E-state index in [1.54, 1.807) is 6.20 Å². The minimum atomic E-state index is -0.762. The van der Waals surface area contributed by atoms with Gasteiger partial charge in [0.1, 0.15) is 5.54 Å². The maximum atomic E-state index is 13.9. The monoisotopic (exact) mass is 496 g/mol. The molecule has 3 aromatic rings. The quantitative estimate of drug-likeness (QED) is 0.386. The second-order valence-corrected chi connectivity index (χ2v) is 10.4. The molecule has 0 aliphatic carbocycles. The minimum absolute atomic E-state index is 0.0616. The largest absolute Gasteiger partial charge is 0.328 e. The Kier molecular flexibility index (Phi) is 7.65. The first kappa shape index (κ1) is 25.2. The molecule has 37 heavy (non-hydrogen) atoms. The zero-order valence-electron chi connectivity index (χ0n) is 21.6. The number of carbonyl (C=O) groups is 2. The highest BCUT2D eigenvalue weighted by Crippen LogP contribution is 2.38. The van der Waals surface area contributed by atoms with Crippen LogP contribution >= 0.6 is 0 Å². The third kappa shape index (κ3) is 5.44. The molecule has 2 saturated heterocycles. The van der Waals surface area contributed by atoms with Crippen molar-refractivity contribution in [2.45, 2.75) is 50.6 Å². The summed E-state index contributed by atoms with van der Waals surface area (Å²) in [6.07, 6.45) is 4.86. The number of amides is 3. The number of hydrogen-bond acceptors (Lipinski definition) is 4. The molecule has 0 bridgehead atoms. The van der Waals surface area contributed by atoms with Gasteiger partial charge in [-0.05, 0) is 61.4 Å². The molecule has 2 aromatic carbocycles. The number of nitrogens with zero attached hydrogens (tertiary/aromatic N) is 4. The lowest BCUT2D eigenvalue weighted by Gasteiger charge is -2.42. The Morgan fingerprint density at radius 2 is 1.54 bits per heavy atom. The van der Waals surface area contributed by atoms with E-state index in [-0.39, 0.29) is 18.5 Å². The minimum Gasteiger partial charge on any atom is -0.309 e. The van der Waals surface area contributed by atoms with E-state index in [9.17, 15) is 9.59 Å². The molecule has 0 unspecified atom stereocenters. The average molecular weight is 497 g/mol. The summed E-state index contributed by atoms with van der Waals surface area (Å²) >= 11 is 0. The second-order valence-electron chi connectivity index (χ2n) is 10.4. The normalized spacial score (nSPS) is 18.5. The summed E-state index contributed by atoms with van der Waals surface area (Å²) in [7, 11) is 0. The van der Waals surface area contributed by atoms with Crippen molar-refractivity contribution in [3.8, 4) is 0 Å². The van der Waals surface area contributed by atoms with Crippen molar-refractivity contribution in [1.29, 1.82) is 0 Å². The van der Waals surface area contributed by atoms with E-state index >= 15 is 0 Å². The van der Waals surface area contributed by atoms with Gasteiger partial charge in [0.05, 0.1) is 12.2 Å². The summed E-state index contributed by atoms with van der Waals surface area (Å²) in [6.45, 7) is 5.68. The van der Waals surface area contributed by atoms with Crippen LogP contribution in [0, 0.1) is 0 Å². The van der Waals surface area contributed by atoms with Gasteiger partial charge in [0.15, 0.2) is 0 Å². The van der Waals surface area contributed by atoms with Gasteiger partial charge in [0.2, 0.25) is 0 Å². The van der Waals surface area contributed by atoms with Crippen molar-refractivity contribution < 1.29 is 9.59 Å². The predicted octanol–water partition coefficient (Wildman–Crippen LogP) is 5.12. The van der Waals surface area contributed by atoms with Crippen LogP contribution in [0.1, 0.15) is 48.9 Å². The van der Waals surface area contributed by atoms with Crippen LogP contribution in [-0.2, 0) is 17.8 Å². The van der Waals surface area contributed by atoms with Crippen LogP contribution in [0.4, 0.5) is 4.79 Å². The Labute approximate surface area is 219 Å². The van der Waals surface area contributed by atoms with Crippen molar-refractivity contribution in [3.63, 3.8) is 0 Å². The van der Waals surface area contributed by atoms with Gasteiger partial charge in [0, 0.05) is 25.8 Å². The number of urea groups is 1. The van der Waals surface area contributed by atoms with E-state index < -0.39 is 5.54 Å². The summed E-state index contributed by atoms with van der Waals surface area (Å²) in [5, 5.41) is 0. The number of hydrogen-bond donors (Lipinski definition) is 0. The third-order valence-electron chi connectivity index (χ3n) is 8.07. The number of piperidine rings is 1. The highest BCUT2D eigenvalue weighted by Gasteiger charge is 2.57. The first-order chi connectivity index (χ1) is 18.1. The molecule has 6 nitrogen and oxygen atoms in total. The van der Waals surface area contributed by atoms with Gasteiger partial charge >= 0.3 is 6.03 Å². The zero-order chi connectivity index (χ0) is 25.7. The van der Waals surface area contributed by atoms with Gasteiger partial charge < -0.3 is 9.80 Å². The summed E-state index contributed by atoms with van der Waals surface area (Å²) in [6, 6.07) is 26.3. The molecule has 2 aliphatic heterocycles. The van der Waals surface area contributed by atoms with Crippen LogP contribution in [-0.4, -0.2) is 63.3 Å². The molecule has 1 aromatic heterocycles. The maximum absolute atomic E-state index is 13.9. The zero-order valence-corrected chi connectivity index (χ0v) is 21.6. The van der Waals surface area contributed by atoms with Crippen molar-refractivity contribution in [1.82, 2.24) is 19.7 Å². The Morgan fingerprint density at radius 1 is 0.865 bits per heavy atom. The molecule has 0 radical (unpaired) electrons. The molecular weight excluding hydrogens is 460 g/mol. The highest BCUT2D eigenvalue weighted by atomic mass is 16.2. The maximum Gasteiger partial charge on any atom is 0.328 e. The second kappa shape index (κ2) is 11.3. The molecule has 6 heteroatoms. The molecule has 1 atom stereocenters. The number of carbonyl (C=O) groups excluding carboxylic acids is 2. The average Bonchev–Trinajstić information content (AvgIpc) is 3.13. The van der Waals surface area contributed by atoms with E-state index in [2.05, 4.69) is 59.3 Å². The van der Waals surface area contributed by atoms with Gasteiger partial charge in [-0.2, -0.15) is 0 Å². The van der Waals surface area contributed by atoms with Crippen LogP contribution in [0.2, 0.25) is 0 Å². The standard InChI is InChI=1S/C31H36N4O2/c1-25(27-12-6-3-7-13-27)15-20-33-22-17-31(18-23-33)29(36)34(24-28-14-8-9-19-32-28)30(37)35(31)21-16-26-10-4-2-5-11-26/h2-14,19,25H,15-18,20-24H2,1H3/t25-/m0/s1. The first-order valence-corrected chi connectivity index (χ1v) is 13.4. The SMILES string of the molecule is C[C@@H](CCN1CCC2(CC1)C(=O)N(Cc1ccccn1)C(=O)N2CCc1ccccc1)c1ccccc1. The Morgan fingerprint density at radius 3 is 2.22 bits per heavy atom. The van der Waals surface area contributed by atoms with E-state index in [1.807, 2.05) is 41.3 Å². The number of likely N-dealkylation sites (tertiary alicyclic amines) is 1. The molecule has 2 fully saturated rings. The van der Waals surface area contributed by atoms with Crippen molar-refractivity contribution in [2.75, 3.05) is 26.2 Å². The van der Waals surface area contributed by atoms with Crippen LogP contribution in [0.25, 0.3) is 0 Å². The lowest BCUT2D eigenvalue weighted by Crippen LogP contribution is -2.57. The molecular formula is C31H36N4O2. The van der Waals surface area contributed by atoms with Gasteiger partial charge in [-0.25, -0.2) is 4.79 Å². The van der Waals surface area contributed by atoms with Gasteiger partial charge in [0.25, 0.3) is 5.91 Å². The molecule has 1 spiro atoms. The molecule has 0 N–H and O–H groups in total. The molecule has 3 heterocycles. The lowest BCUT2D eigenvalue weighted by atomic mass is 9.85. The van der Waals surface area contributed by atoms with E-state index in [0.29, 0.717) is 25.3 Å². The number of aromatic nitrogens is 1. The van der Waals surface area contributed by atoms with Crippen LogP contribution in [0.15, 0.2) is 85.1 Å². The molecule has 0 saturated carbocycles. The number of pyridine rings is 1. The molecule has 5 rings (SSSR count). The van der Waals surface area contributed by atoms with Gasteiger partial charge in [-0.3, -0.25) is 14.7 Å². The summed E-state index contributed by atoms with van der Waals surface area (Å²) < 4.78 is 0. The van der Waals surface area contributed by atoms with E-state index in [1.165, 1.54) is 16.0 Å². The third-order valence-corrected chi connectivity index (χ3v) is 8.07. The smallest absolute Gasteiger partial charge is 0.309 e. The van der Waals surface area contributed by atoms with E-state index in [4.69, 9.17) is 0 Å². The van der Waals surface area contributed by atoms with Crippen LogP contribution < -0.4 is 0 Å². The summed E-state index contributed by atoms with van der Waals surface area (Å²) in [4.78, 5) is 37.7. The lowest BCUT2D eigenvalue weighted by molar-refractivity contribution is -0.136. The van der Waals surface area contributed by atoms with Crippen molar-refractivity contribution in [3.05, 3.63) is 102 Å². The summed E-state index contributed by atoms with van der Waals surface area (Å²) in [5.41, 5.74) is 2.51. The molecule has 2 aliphatic rings. The van der Waals surface area contributed by atoms with Crippen molar-refractivity contribution >= 4 is 11.9 Å². The number of imide groups is 1. The predicted molar refractivity (Wildman–Crippen MR) is 145 cm³/mol. The van der Waals surface area contributed by atoms with Gasteiger partial charge in [-0.1, -0.05) is 73.7 Å².